The van der Waals surface area contributed by atoms with Crippen LogP contribution in [0.5, 0.6) is 0 Å². The molecule has 3 aliphatic heterocycles. The summed E-state index contributed by atoms with van der Waals surface area (Å²) in [6.07, 6.45) is 13.3. The van der Waals surface area contributed by atoms with Crippen LogP contribution in [0.3, 0.4) is 0 Å². The van der Waals surface area contributed by atoms with Gasteiger partial charge in [0.1, 0.15) is 40.6 Å². The maximum absolute atomic E-state index is 13.4. The van der Waals surface area contributed by atoms with Crippen LogP contribution in [0.15, 0.2) is 122 Å². The first-order chi connectivity index (χ1) is 42.7. The molecule has 0 aliphatic carbocycles. The van der Waals surface area contributed by atoms with E-state index in [1.807, 2.05) is 23.6 Å². The molecule has 6 aromatic heterocycles. The van der Waals surface area contributed by atoms with E-state index in [9.17, 15) is 40.2 Å². The molecule has 12 rings (SSSR count). The lowest BCUT2D eigenvalue weighted by molar-refractivity contribution is -0.120. The van der Waals surface area contributed by atoms with Crippen molar-refractivity contribution in [2.45, 2.75) is 55.5 Å². The molecule has 0 bridgehead atoms. The fourth-order valence-electron chi connectivity index (χ4n) is 9.65. The summed E-state index contributed by atoms with van der Waals surface area (Å²) in [4.78, 5) is 47.1. The second-order valence-electron chi connectivity index (χ2n) is 20.6. The molecule has 34 heteroatoms. The molecular formula is C56H56Cl3F3N16O6S6. The second kappa shape index (κ2) is 27.6. The molecule has 3 aliphatic rings. The number of aromatic amines is 3. The first-order valence-electron chi connectivity index (χ1n) is 26.7. The van der Waals surface area contributed by atoms with Gasteiger partial charge in [-0.05, 0) is 121 Å². The summed E-state index contributed by atoms with van der Waals surface area (Å²) in [6, 6.07) is 14.5. The molecule has 3 amide bonds. The summed E-state index contributed by atoms with van der Waals surface area (Å²) in [5, 5.41) is 30.7. The number of benzene rings is 3. The molecule has 0 spiro atoms. The van der Waals surface area contributed by atoms with Crippen LogP contribution in [-0.2, 0) is 44.1 Å². The van der Waals surface area contributed by atoms with Crippen molar-refractivity contribution in [3.05, 3.63) is 169 Å². The minimum Gasteiger partial charge on any atom is -0.325 e. The number of thiophene rings is 2. The second-order valence-corrected chi connectivity index (χ2v) is 31.3. The number of carbonyl (C=O) groups is 3. The smallest absolute Gasteiger partial charge is 0.242 e. The van der Waals surface area contributed by atoms with E-state index in [4.69, 9.17) is 34.8 Å². The number of halogens is 6. The van der Waals surface area contributed by atoms with Gasteiger partial charge in [0, 0.05) is 94.3 Å². The molecule has 9 heterocycles. The summed E-state index contributed by atoms with van der Waals surface area (Å²) >= 11 is 21.9. The maximum Gasteiger partial charge on any atom is 0.242 e. The van der Waals surface area contributed by atoms with E-state index in [0.29, 0.717) is 41.3 Å². The number of hydrogen-bond donors (Lipinski definition) is 9. The van der Waals surface area contributed by atoms with Crippen molar-refractivity contribution >= 4 is 151 Å². The lowest BCUT2D eigenvalue weighted by Gasteiger charge is -2.39. The number of likely N-dealkylation sites (N-methyl/N-ethyl adjacent to an activating group) is 3. The van der Waals surface area contributed by atoms with Gasteiger partial charge in [-0.3, -0.25) is 29.7 Å². The third-order valence-corrected chi connectivity index (χ3v) is 24.5. The normalized spacial score (nSPS) is 24.6. The molecule has 9 aromatic rings. The summed E-state index contributed by atoms with van der Waals surface area (Å²) < 4.78 is 92.7. The number of anilines is 3. The van der Waals surface area contributed by atoms with Crippen molar-refractivity contribution in [2.24, 2.45) is 0 Å². The highest BCUT2D eigenvalue weighted by Crippen LogP contribution is 2.39. The van der Waals surface area contributed by atoms with Crippen LogP contribution >= 0.6 is 68.8 Å². The van der Waals surface area contributed by atoms with E-state index in [2.05, 4.69) is 83.3 Å². The lowest BCUT2D eigenvalue weighted by Crippen LogP contribution is -2.55. The van der Waals surface area contributed by atoms with Crippen LogP contribution in [0.25, 0.3) is 32.0 Å². The van der Waals surface area contributed by atoms with Gasteiger partial charge in [0.25, 0.3) is 0 Å². The quantitative estimate of drug-likeness (QED) is 0.0522. The van der Waals surface area contributed by atoms with Crippen LogP contribution in [0.1, 0.15) is 52.1 Å². The van der Waals surface area contributed by atoms with Crippen LogP contribution in [0.2, 0.25) is 15.1 Å². The van der Waals surface area contributed by atoms with Crippen molar-refractivity contribution in [2.75, 3.05) is 37.1 Å². The van der Waals surface area contributed by atoms with Gasteiger partial charge in [0.05, 0.1) is 86.3 Å². The molecule has 474 valence electrons. The minimum absolute atomic E-state index is 0.0874. The molecule has 3 saturated heterocycles. The SMILES string of the molecule is C=S1(=O)NC(c2cc(-c3cn[nH]c3)cs2)CC(C(=O)Nc2ccc(F)c(Cl)c2)N1C.C=S1(=O)NC(c2ccc(-c3cn[nH]c3)s2)CC(C(=O)Nc2ccc(F)c(Cl)c2)N1C.C=S1(=O)NC(c2ncc(-c3cn[nH]c3)s2)CC(C(=O)Nc2ccc(F)c(Cl)c2)N1C. The van der Waals surface area contributed by atoms with E-state index in [0.717, 1.165) is 41.8 Å². The highest BCUT2D eigenvalue weighted by Gasteiger charge is 2.41. The number of carbonyl (C=O) groups excluding carboxylic acids is 3. The average molecular weight is 1400 g/mol. The van der Waals surface area contributed by atoms with Gasteiger partial charge in [-0.2, -0.15) is 15.3 Å². The Labute approximate surface area is 543 Å². The Bertz CT molecular complexity index is 3980. The number of hydrogen-bond acceptors (Lipinski definition) is 13. The fraction of sp³-hybridized carbons (Fsp3) is 0.214. The molecule has 90 heavy (non-hydrogen) atoms. The van der Waals surface area contributed by atoms with Crippen molar-refractivity contribution in [1.29, 1.82) is 0 Å². The van der Waals surface area contributed by atoms with Crippen molar-refractivity contribution in [3.8, 4) is 32.0 Å². The number of amides is 3. The topological polar surface area (TPSA) is 283 Å². The lowest BCUT2D eigenvalue weighted by atomic mass is 10.0. The molecule has 9 unspecified atom stereocenters. The van der Waals surface area contributed by atoms with Crippen LogP contribution < -0.4 is 30.1 Å². The monoisotopic (exact) mass is 1400 g/mol. The highest BCUT2D eigenvalue weighted by molar-refractivity contribution is 7.97. The first-order valence-corrected chi connectivity index (χ1v) is 35.4. The number of thiazole rings is 1. The van der Waals surface area contributed by atoms with Crippen molar-refractivity contribution in [3.63, 3.8) is 0 Å². The Kier molecular flexibility index (Phi) is 20.3. The minimum atomic E-state index is -2.92. The molecule has 9 atom stereocenters. The molecule has 9 N–H and O–H groups in total. The van der Waals surface area contributed by atoms with E-state index in [1.54, 1.807) is 64.5 Å². The van der Waals surface area contributed by atoms with Gasteiger partial charge < -0.3 is 16.0 Å². The van der Waals surface area contributed by atoms with Gasteiger partial charge in [-0.25, -0.2) is 57.9 Å². The van der Waals surface area contributed by atoms with Crippen molar-refractivity contribution < 1.29 is 40.2 Å². The summed E-state index contributed by atoms with van der Waals surface area (Å²) in [7, 11) is -3.93. The highest BCUT2D eigenvalue weighted by atomic mass is 35.5. The van der Waals surface area contributed by atoms with Crippen LogP contribution in [0, 0.1) is 17.5 Å². The zero-order chi connectivity index (χ0) is 64.4. The molecule has 0 saturated carbocycles. The van der Waals surface area contributed by atoms with Gasteiger partial charge >= 0.3 is 0 Å². The standard InChI is InChI=1S/2C19H19ClFN5O2S2.C18H18ClFN6O2S2/c1-26-17(19(27)24-13-3-4-15(21)14(20)6-13)7-16(25-30(26,2)28)18-5-11(10-29-18)12-8-22-23-9-12;1-26-16(19(27)24-12-3-4-14(21)13(20)7-12)8-15(25-30(26,2)28)18-6-5-17(29-18)11-9-22-23-10-11;1-26-15(17(27)24-11-3-4-13(20)12(19)5-11)6-14(25-30(26,2)28)18-21-9-16(29-18)10-7-22-23-8-10/h3-6,8-10,16-17H,2,7H2,1H3,(H,22,23)(H,24,27)(H,25,28);3-7,9-10,15-16H,2,8H2,1H3,(H,22,23)(H,24,27)(H,25,28);3-5,7-9,14-15H,2,6H2,1H3,(H,22,23)(H,24,27)(H,25,28). The van der Waals surface area contributed by atoms with E-state index < -0.39 is 77.2 Å². The van der Waals surface area contributed by atoms with Gasteiger partial charge in [-0.15, -0.1) is 34.0 Å². The molecule has 0 radical (unpaired) electrons. The molecule has 3 aromatic carbocycles. The zero-order valence-corrected chi connectivity index (χ0v) is 54.7. The van der Waals surface area contributed by atoms with Crippen molar-refractivity contribution in [1.82, 2.24) is 62.7 Å². The number of aromatic nitrogens is 7. The molecule has 22 nitrogen and oxygen atoms in total. The Morgan fingerprint density at radius 3 is 1.34 bits per heavy atom. The number of H-pyrrole nitrogens is 3. The number of nitrogens with zero attached hydrogens (tertiary/aromatic N) is 7. The average Bonchev–Trinajstić information content (AvgIpc) is 1.28. The number of rotatable bonds is 12. The number of nitrogens with one attached hydrogen (secondary N) is 9. The maximum atomic E-state index is 13.4. The Morgan fingerprint density at radius 1 is 0.522 bits per heavy atom. The Hall–Kier alpha value is -6.79. The van der Waals surface area contributed by atoms with E-state index in [1.165, 1.54) is 102 Å². The van der Waals surface area contributed by atoms with Crippen LogP contribution in [0.4, 0.5) is 30.2 Å². The summed E-state index contributed by atoms with van der Waals surface area (Å²) in [6.45, 7) is 0. The third-order valence-electron chi connectivity index (χ3n) is 14.7. The summed E-state index contributed by atoms with van der Waals surface area (Å²) in [5.41, 5.74) is 4.86. The van der Waals surface area contributed by atoms with Gasteiger partial charge in [0.2, 0.25) is 17.7 Å². The predicted molar refractivity (Wildman–Crippen MR) is 356 cm³/mol. The van der Waals surface area contributed by atoms with E-state index >= 15 is 0 Å². The predicted octanol–water partition coefficient (Wildman–Crippen LogP) is 9.75. The van der Waals surface area contributed by atoms with E-state index in [-0.39, 0.29) is 39.0 Å². The first kappa shape index (κ1) is 66.1. The Balaban J connectivity index is 0.000000148. The molecule has 3 fully saturated rings. The summed E-state index contributed by atoms with van der Waals surface area (Å²) in [5.74, 6) is 8.50. The molecular weight excluding hydrogens is 1350 g/mol. The fourth-order valence-corrected chi connectivity index (χ4v) is 17.7. The largest absolute Gasteiger partial charge is 0.325 e. The van der Waals surface area contributed by atoms with Crippen LogP contribution in [-0.4, -0.2) is 136 Å². The van der Waals surface area contributed by atoms with Gasteiger partial charge in [-0.1, -0.05) is 34.8 Å². The Morgan fingerprint density at radius 2 is 0.922 bits per heavy atom. The van der Waals surface area contributed by atoms with Gasteiger partial charge in [0.15, 0.2) is 0 Å². The third kappa shape index (κ3) is 15.2. The zero-order valence-electron chi connectivity index (χ0n) is 47.6.